The first-order valence-corrected chi connectivity index (χ1v) is 11.8. The number of anilines is 1. The van der Waals surface area contributed by atoms with Gasteiger partial charge in [0.25, 0.3) is 11.5 Å². The third-order valence-corrected chi connectivity index (χ3v) is 6.18. The Balaban J connectivity index is 1.30. The second kappa shape index (κ2) is 10.5. The Morgan fingerprint density at radius 2 is 1.91 bits per heavy atom. The van der Waals surface area contributed by atoms with Crippen LogP contribution in [0.5, 0.6) is 0 Å². The highest BCUT2D eigenvalue weighted by atomic mass is 19.3. The maximum atomic E-state index is 12.9. The van der Waals surface area contributed by atoms with Crippen LogP contribution in [0, 0.1) is 0 Å². The molecule has 1 fully saturated rings. The van der Waals surface area contributed by atoms with E-state index in [1.54, 1.807) is 12.3 Å². The minimum Gasteiger partial charge on any atom is -0.368 e. The molecule has 1 saturated heterocycles. The maximum absolute atomic E-state index is 12.9. The van der Waals surface area contributed by atoms with Crippen LogP contribution in [0.25, 0.3) is 11.0 Å². The van der Waals surface area contributed by atoms with Crippen molar-refractivity contribution >= 4 is 22.6 Å². The number of rotatable bonds is 8. The summed E-state index contributed by atoms with van der Waals surface area (Å²) in [6, 6.07) is 7.29. The molecule has 0 aliphatic carbocycles. The number of piperazine rings is 1. The summed E-state index contributed by atoms with van der Waals surface area (Å²) >= 11 is 0. The lowest BCUT2D eigenvalue weighted by Gasteiger charge is -2.36. The number of amides is 1. The first-order valence-electron chi connectivity index (χ1n) is 11.8. The number of nitrogens with one attached hydrogen (secondary N) is 2. The lowest BCUT2D eigenvalue weighted by Crippen LogP contribution is -2.46. The van der Waals surface area contributed by atoms with E-state index in [-0.39, 0.29) is 17.8 Å². The van der Waals surface area contributed by atoms with Gasteiger partial charge in [0.15, 0.2) is 0 Å². The predicted molar refractivity (Wildman–Crippen MR) is 131 cm³/mol. The molecule has 0 spiro atoms. The molecule has 0 unspecified atom stereocenters. The van der Waals surface area contributed by atoms with Crippen LogP contribution in [-0.4, -0.2) is 64.4 Å². The zero-order valence-electron chi connectivity index (χ0n) is 20.0. The Bertz CT molecular complexity index is 1230. The molecule has 0 radical (unpaired) electrons. The van der Waals surface area contributed by atoms with E-state index in [4.69, 9.17) is 0 Å². The van der Waals surface area contributed by atoms with Crippen LogP contribution in [0.15, 0.2) is 41.5 Å². The van der Waals surface area contributed by atoms with Crippen molar-refractivity contribution in [3.8, 4) is 0 Å². The third-order valence-electron chi connectivity index (χ3n) is 6.18. The number of alkyl halides is 2. The summed E-state index contributed by atoms with van der Waals surface area (Å²) in [4.78, 5) is 40.4. The number of aryl methyl sites for hydroxylation is 1. The van der Waals surface area contributed by atoms with Crippen molar-refractivity contribution in [2.45, 2.75) is 39.2 Å². The Morgan fingerprint density at radius 3 is 2.57 bits per heavy atom. The first kappa shape index (κ1) is 24.7. The monoisotopic (exact) mass is 484 g/mol. The summed E-state index contributed by atoms with van der Waals surface area (Å²) in [5.74, 6) is -3.27. The third kappa shape index (κ3) is 6.39. The minimum absolute atomic E-state index is 0.0628. The van der Waals surface area contributed by atoms with Crippen molar-refractivity contribution in [2.75, 3.05) is 37.6 Å². The van der Waals surface area contributed by atoms with Crippen LogP contribution < -0.4 is 15.8 Å². The highest BCUT2D eigenvalue weighted by Crippen LogP contribution is 2.19. The SMILES string of the molecule is CCc1cc2ncc(CN3CCN(c4ccc(C(=O)NCCC(C)(F)F)nc4)CC3)cc2[nH]c1=O. The molecule has 1 amide bonds. The topological polar surface area (TPSA) is 94.2 Å². The second-order valence-corrected chi connectivity index (χ2v) is 8.99. The summed E-state index contributed by atoms with van der Waals surface area (Å²) < 4.78 is 25.8. The second-order valence-electron chi connectivity index (χ2n) is 8.99. The van der Waals surface area contributed by atoms with Gasteiger partial charge in [-0.2, -0.15) is 0 Å². The molecule has 8 nitrogen and oxygen atoms in total. The number of hydrogen-bond donors (Lipinski definition) is 2. The molecule has 3 aromatic rings. The smallest absolute Gasteiger partial charge is 0.269 e. The fraction of sp³-hybridized carbons (Fsp3) is 0.440. The van der Waals surface area contributed by atoms with Gasteiger partial charge in [-0.05, 0) is 43.2 Å². The van der Waals surface area contributed by atoms with Gasteiger partial charge in [-0.1, -0.05) is 6.92 Å². The van der Waals surface area contributed by atoms with Crippen molar-refractivity contribution in [3.05, 3.63) is 63.8 Å². The van der Waals surface area contributed by atoms with Gasteiger partial charge >= 0.3 is 0 Å². The van der Waals surface area contributed by atoms with E-state index in [1.807, 2.05) is 31.3 Å². The molecule has 0 bridgehead atoms. The fourth-order valence-corrected chi connectivity index (χ4v) is 4.13. The van der Waals surface area contributed by atoms with Crippen LogP contribution in [0.3, 0.4) is 0 Å². The van der Waals surface area contributed by atoms with E-state index in [1.165, 1.54) is 0 Å². The summed E-state index contributed by atoms with van der Waals surface area (Å²) in [5, 5.41) is 2.48. The van der Waals surface area contributed by atoms with Gasteiger partial charge in [-0.15, -0.1) is 0 Å². The number of carbonyl (C=O) groups excluding carboxylic acids is 1. The van der Waals surface area contributed by atoms with Crippen molar-refractivity contribution in [3.63, 3.8) is 0 Å². The summed E-state index contributed by atoms with van der Waals surface area (Å²) in [6.07, 6.45) is 3.77. The Hall–Kier alpha value is -3.40. The average Bonchev–Trinajstić information content (AvgIpc) is 2.83. The number of aromatic nitrogens is 3. The van der Waals surface area contributed by atoms with Gasteiger partial charge in [0.1, 0.15) is 5.69 Å². The molecule has 4 rings (SSSR count). The molecule has 3 aromatic heterocycles. The Kier molecular flexibility index (Phi) is 7.39. The zero-order chi connectivity index (χ0) is 25.0. The van der Waals surface area contributed by atoms with Crippen molar-refractivity contribution in [1.82, 2.24) is 25.2 Å². The van der Waals surface area contributed by atoms with E-state index in [0.29, 0.717) is 6.42 Å². The standard InChI is InChI=1S/C25H30F2N6O2/c1-3-18-13-21-22(31-23(18)34)12-17(14-29-21)16-32-8-10-33(11-9-32)19-4-5-20(30-15-19)24(35)28-7-6-25(2,26)27/h4-5,12-15H,3,6-11,16H2,1-2H3,(H,28,35)(H,31,34). The molecule has 35 heavy (non-hydrogen) atoms. The molecule has 0 saturated carbocycles. The van der Waals surface area contributed by atoms with Gasteiger partial charge < -0.3 is 15.2 Å². The van der Waals surface area contributed by atoms with Crippen LogP contribution in [0.2, 0.25) is 0 Å². The number of halogens is 2. The van der Waals surface area contributed by atoms with E-state index >= 15 is 0 Å². The van der Waals surface area contributed by atoms with Gasteiger partial charge in [0, 0.05) is 57.4 Å². The number of nitrogens with zero attached hydrogens (tertiary/aromatic N) is 4. The van der Waals surface area contributed by atoms with E-state index in [0.717, 1.165) is 67.5 Å². The highest BCUT2D eigenvalue weighted by Gasteiger charge is 2.21. The molecular formula is C25H30F2N6O2. The Morgan fingerprint density at radius 1 is 1.14 bits per heavy atom. The molecule has 2 N–H and O–H groups in total. The summed E-state index contributed by atoms with van der Waals surface area (Å²) in [6.45, 7) is 6.71. The summed E-state index contributed by atoms with van der Waals surface area (Å²) in [7, 11) is 0. The van der Waals surface area contributed by atoms with E-state index in [9.17, 15) is 18.4 Å². The quantitative estimate of drug-likeness (QED) is 0.511. The van der Waals surface area contributed by atoms with Gasteiger partial charge in [0.2, 0.25) is 5.92 Å². The van der Waals surface area contributed by atoms with Crippen LogP contribution in [0.4, 0.5) is 14.5 Å². The molecule has 4 heterocycles. The molecule has 0 atom stereocenters. The van der Waals surface area contributed by atoms with Gasteiger partial charge in [-0.25, -0.2) is 13.8 Å². The van der Waals surface area contributed by atoms with Crippen LogP contribution >= 0.6 is 0 Å². The van der Waals surface area contributed by atoms with Gasteiger partial charge in [0.05, 0.1) is 22.9 Å². The zero-order valence-corrected chi connectivity index (χ0v) is 20.0. The minimum atomic E-state index is -2.81. The van der Waals surface area contributed by atoms with Crippen LogP contribution in [-0.2, 0) is 13.0 Å². The number of hydrogen-bond acceptors (Lipinski definition) is 6. The number of H-pyrrole nitrogens is 1. The van der Waals surface area contributed by atoms with E-state index in [2.05, 4.69) is 30.1 Å². The normalized spacial score (nSPS) is 14.9. The number of aromatic amines is 1. The molecule has 1 aliphatic rings. The van der Waals surface area contributed by atoms with Crippen molar-refractivity contribution < 1.29 is 13.6 Å². The van der Waals surface area contributed by atoms with E-state index < -0.39 is 18.3 Å². The average molecular weight is 485 g/mol. The summed E-state index contributed by atoms with van der Waals surface area (Å²) in [5.41, 5.74) is 4.39. The fourth-order valence-electron chi connectivity index (χ4n) is 4.13. The van der Waals surface area contributed by atoms with Crippen LogP contribution in [0.1, 0.15) is 41.9 Å². The number of pyridine rings is 3. The lowest BCUT2D eigenvalue weighted by atomic mass is 10.1. The predicted octanol–water partition coefficient (Wildman–Crippen LogP) is 2.98. The number of fused-ring (bicyclic) bond motifs is 1. The number of carbonyl (C=O) groups is 1. The van der Waals surface area contributed by atoms with Crippen molar-refractivity contribution in [1.29, 1.82) is 0 Å². The Labute approximate surface area is 202 Å². The highest BCUT2D eigenvalue weighted by molar-refractivity contribution is 5.92. The lowest BCUT2D eigenvalue weighted by molar-refractivity contribution is 0.0137. The maximum Gasteiger partial charge on any atom is 0.269 e. The molecular weight excluding hydrogens is 454 g/mol. The molecule has 1 aliphatic heterocycles. The van der Waals surface area contributed by atoms with Gasteiger partial charge in [-0.3, -0.25) is 19.5 Å². The molecule has 10 heteroatoms. The van der Waals surface area contributed by atoms with Crippen molar-refractivity contribution in [2.24, 2.45) is 0 Å². The largest absolute Gasteiger partial charge is 0.368 e. The molecule has 186 valence electrons. The molecule has 0 aromatic carbocycles. The first-order chi connectivity index (χ1) is 16.7.